The van der Waals surface area contributed by atoms with Crippen LogP contribution in [-0.4, -0.2) is 74.2 Å². The largest absolute Gasteiger partial charge is 0.513 e. The molecule has 0 N–H and O–H groups in total. The minimum absolute atomic E-state index is 0.103. The molecule has 1 atom stereocenters. The molecule has 3 amide bonds. The summed E-state index contributed by atoms with van der Waals surface area (Å²) in [7, 11) is 1.23. The molecule has 0 bridgehead atoms. The van der Waals surface area contributed by atoms with Crippen LogP contribution < -0.4 is 19.3 Å². The molecular weight excluding hydrogens is 632 g/mol. The van der Waals surface area contributed by atoms with Crippen LogP contribution in [-0.2, 0) is 19.0 Å². The number of carbonyl (C=O) groups excluding carboxylic acids is 4. The predicted octanol–water partition coefficient (Wildman–Crippen LogP) is 6.64. The van der Waals surface area contributed by atoms with E-state index in [0.29, 0.717) is 29.1 Å². The van der Waals surface area contributed by atoms with Crippen LogP contribution in [0.1, 0.15) is 76.8 Å². The molecular formula is C36H42N4O9. The zero-order chi connectivity index (χ0) is 35.3. The van der Waals surface area contributed by atoms with E-state index >= 15 is 0 Å². The summed E-state index contributed by atoms with van der Waals surface area (Å²) in [6.07, 6.45) is 2.84. The smallest absolute Gasteiger partial charge is 0.476 e. The number of carbonyl (C=O) groups is 4. The molecule has 0 spiro atoms. The van der Waals surface area contributed by atoms with Gasteiger partial charge in [-0.25, -0.2) is 14.4 Å². The van der Waals surface area contributed by atoms with E-state index in [1.165, 1.54) is 23.0 Å². The second-order valence-electron chi connectivity index (χ2n) is 13.0. The Kier molecular flexibility index (Phi) is 10.7. The molecule has 49 heavy (non-hydrogen) atoms. The molecule has 1 fully saturated rings. The number of hydrogen-bond acceptors (Lipinski definition) is 10. The molecule has 2 heterocycles. The lowest BCUT2D eigenvalue weighted by Crippen LogP contribution is -2.52. The Labute approximate surface area is 285 Å². The number of methoxy groups -OCH3 is 1. The first-order valence-electron chi connectivity index (χ1n) is 16.5. The van der Waals surface area contributed by atoms with E-state index in [-0.39, 0.29) is 43.7 Å². The number of fused-ring (bicyclic) bond motifs is 1. The van der Waals surface area contributed by atoms with Crippen molar-refractivity contribution in [3.63, 3.8) is 0 Å². The molecule has 0 saturated heterocycles. The first-order chi connectivity index (χ1) is 23.4. The monoisotopic (exact) mass is 674 g/mol. The molecule has 3 aliphatic rings. The first kappa shape index (κ1) is 35.1. The zero-order valence-corrected chi connectivity index (χ0v) is 28.5. The van der Waals surface area contributed by atoms with Gasteiger partial charge in [0.2, 0.25) is 0 Å². The van der Waals surface area contributed by atoms with Crippen molar-refractivity contribution in [3.05, 3.63) is 59.3 Å². The molecule has 2 aromatic carbocycles. The van der Waals surface area contributed by atoms with Gasteiger partial charge in [-0.2, -0.15) is 5.26 Å². The van der Waals surface area contributed by atoms with Crippen LogP contribution >= 0.6 is 0 Å². The number of anilines is 2. The summed E-state index contributed by atoms with van der Waals surface area (Å²) in [5, 5.41) is 9.48. The van der Waals surface area contributed by atoms with Gasteiger partial charge in [-0.15, -0.1) is 0 Å². The second-order valence-corrected chi connectivity index (χ2v) is 13.0. The van der Waals surface area contributed by atoms with Gasteiger partial charge in [0, 0.05) is 31.3 Å². The Morgan fingerprint density at radius 1 is 1.06 bits per heavy atom. The molecule has 5 rings (SSSR count). The lowest BCUT2D eigenvalue weighted by atomic mass is 9.96. The molecule has 13 nitrogen and oxygen atoms in total. The summed E-state index contributed by atoms with van der Waals surface area (Å²) in [6.45, 7) is 7.42. The topological polar surface area (TPSA) is 148 Å². The predicted molar refractivity (Wildman–Crippen MR) is 179 cm³/mol. The fourth-order valence-corrected chi connectivity index (χ4v) is 6.24. The Hall–Kier alpha value is -5.25. The highest BCUT2D eigenvalue weighted by atomic mass is 16.7. The van der Waals surface area contributed by atoms with Gasteiger partial charge in [-0.05, 0) is 82.4 Å². The molecule has 260 valence electrons. The number of nitriles is 1. The van der Waals surface area contributed by atoms with E-state index in [1.807, 2.05) is 6.07 Å². The molecule has 0 aromatic heterocycles. The van der Waals surface area contributed by atoms with Gasteiger partial charge in [0.15, 0.2) is 6.10 Å². The van der Waals surface area contributed by atoms with Crippen molar-refractivity contribution in [1.29, 1.82) is 5.26 Å². The molecule has 2 aliphatic heterocycles. The van der Waals surface area contributed by atoms with Gasteiger partial charge in [0.1, 0.15) is 17.1 Å². The summed E-state index contributed by atoms with van der Waals surface area (Å²) in [6, 6.07) is 12.0. The van der Waals surface area contributed by atoms with Crippen molar-refractivity contribution in [2.24, 2.45) is 0 Å². The standard InChI is InChI=1S/C36H42N4O9/c1-6-46-34(43)39-22-31(47-29-14-11-23(21-37)19-28(29)39)32(41)40(25-15-17-38(18-16-25)33(42)49-36(2,3)4)26-12-13-27(24-9-7-8-10-24)30(20-26)48-35(44)45-5/h11-15,19-20,24,31H,6-10,16-18,22H2,1-5H3. The van der Waals surface area contributed by atoms with Crippen LogP contribution in [0, 0.1) is 11.3 Å². The highest BCUT2D eigenvalue weighted by molar-refractivity contribution is 6.02. The summed E-state index contributed by atoms with van der Waals surface area (Å²) in [5.74, 6) is 0.201. The van der Waals surface area contributed by atoms with Crippen LogP contribution in [0.15, 0.2) is 48.2 Å². The number of benzene rings is 2. The molecule has 2 aromatic rings. The van der Waals surface area contributed by atoms with Crippen LogP contribution in [0.3, 0.4) is 0 Å². The lowest BCUT2D eigenvalue weighted by Gasteiger charge is -2.38. The second kappa shape index (κ2) is 14.9. The Morgan fingerprint density at radius 3 is 2.45 bits per heavy atom. The van der Waals surface area contributed by atoms with Crippen molar-refractivity contribution in [2.45, 2.75) is 77.4 Å². The molecule has 1 unspecified atom stereocenters. The number of rotatable bonds is 6. The van der Waals surface area contributed by atoms with E-state index in [9.17, 15) is 24.4 Å². The van der Waals surface area contributed by atoms with Gasteiger partial charge in [-0.3, -0.25) is 14.6 Å². The van der Waals surface area contributed by atoms with Crippen LogP contribution in [0.25, 0.3) is 0 Å². The van der Waals surface area contributed by atoms with Crippen molar-refractivity contribution in [3.8, 4) is 17.6 Å². The maximum absolute atomic E-state index is 14.7. The minimum atomic E-state index is -1.19. The number of ether oxygens (including phenoxy) is 5. The van der Waals surface area contributed by atoms with Gasteiger partial charge >= 0.3 is 18.3 Å². The Bertz CT molecular complexity index is 1670. The van der Waals surface area contributed by atoms with E-state index in [0.717, 1.165) is 31.2 Å². The lowest BCUT2D eigenvalue weighted by molar-refractivity contribution is -0.124. The minimum Gasteiger partial charge on any atom is -0.476 e. The molecule has 13 heteroatoms. The van der Waals surface area contributed by atoms with Gasteiger partial charge in [0.05, 0.1) is 43.3 Å². The van der Waals surface area contributed by atoms with Gasteiger partial charge in [-0.1, -0.05) is 18.9 Å². The van der Waals surface area contributed by atoms with E-state index < -0.39 is 36.0 Å². The van der Waals surface area contributed by atoms with Crippen LogP contribution in [0.5, 0.6) is 11.5 Å². The van der Waals surface area contributed by atoms with Crippen LogP contribution in [0.2, 0.25) is 0 Å². The quantitative estimate of drug-likeness (QED) is 0.185. The zero-order valence-electron chi connectivity index (χ0n) is 28.5. The maximum atomic E-state index is 14.7. The van der Waals surface area contributed by atoms with Crippen LogP contribution in [0.4, 0.5) is 25.8 Å². The van der Waals surface area contributed by atoms with Crippen molar-refractivity contribution < 1.29 is 42.9 Å². The van der Waals surface area contributed by atoms with Gasteiger partial charge < -0.3 is 28.6 Å². The maximum Gasteiger partial charge on any atom is 0.513 e. The SMILES string of the molecule is CCOC(=O)N1CC(C(=O)N(C2=CCN(C(=O)OC(C)(C)C)CC2)c2ccc(C3CCCC3)c(OC(=O)OC)c2)Oc2ccc(C#N)cc21. The van der Waals surface area contributed by atoms with Crippen molar-refractivity contribution >= 4 is 35.6 Å². The van der Waals surface area contributed by atoms with E-state index in [1.54, 1.807) is 62.9 Å². The first-order valence-corrected chi connectivity index (χ1v) is 16.5. The Balaban J connectivity index is 1.55. The molecule has 1 aliphatic carbocycles. The number of nitrogens with zero attached hydrogens (tertiary/aromatic N) is 4. The number of hydrogen-bond donors (Lipinski definition) is 0. The third kappa shape index (κ3) is 8.08. The fourth-order valence-electron chi connectivity index (χ4n) is 6.24. The summed E-state index contributed by atoms with van der Waals surface area (Å²) < 4.78 is 27.5. The third-order valence-electron chi connectivity index (χ3n) is 8.51. The molecule has 1 saturated carbocycles. The van der Waals surface area contributed by atoms with E-state index in [2.05, 4.69) is 6.07 Å². The highest BCUT2D eigenvalue weighted by Gasteiger charge is 2.39. The fraction of sp³-hybridized carbons (Fsp3) is 0.472. The summed E-state index contributed by atoms with van der Waals surface area (Å²) >= 11 is 0. The highest BCUT2D eigenvalue weighted by Crippen LogP contribution is 2.42. The van der Waals surface area contributed by atoms with Gasteiger partial charge in [0.25, 0.3) is 5.91 Å². The summed E-state index contributed by atoms with van der Waals surface area (Å²) in [4.78, 5) is 57.3. The average Bonchev–Trinajstić information content (AvgIpc) is 3.62. The normalized spacial score (nSPS) is 17.6. The number of amides is 3. The molecule has 0 radical (unpaired) electrons. The van der Waals surface area contributed by atoms with Crippen molar-refractivity contribution in [1.82, 2.24) is 4.90 Å². The summed E-state index contributed by atoms with van der Waals surface area (Å²) in [5.41, 5.74) is 1.78. The van der Waals surface area contributed by atoms with Crippen molar-refractivity contribution in [2.75, 3.05) is 43.2 Å². The third-order valence-corrected chi connectivity index (χ3v) is 8.51. The Morgan fingerprint density at radius 2 is 1.82 bits per heavy atom. The van der Waals surface area contributed by atoms with E-state index in [4.69, 9.17) is 23.7 Å². The average molecular weight is 675 g/mol.